The minimum atomic E-state index is -1.29. The zero-order valence-corrected chi connectivity index (χ0v) is 11.1. The van der Waals surface area contributed by atoms with Gasteiger partial charge in [0.2, 0.25) is 0 Å². The first-order valence-electron chi connectivity index (χ1n) is 5.92. The summed E-state index contributed by atoms with van der Waals surface area (Å²) in [5.74, 6) is -1.20. The highest BCUT2D eigenvalue weighted by atomic mass is 19.1. The fourth-order valence-corrected chi connectivity index (χ4v) is 1.93. The van der Waals surface area contributed by atoms with E-state index in [4.69, 9.17) is 9.47 Å². The number of ether oxygens (including phenoxy) is 2. The Kier molecular flexibility index (Phi) is 4.20. The van der Waals surface area contributed by atoms with Gasteiger partial charge in [0.15, 0.2) is 23.1 Å². The summed E-state index contributed by atoms with van der Waals surface area (Å²) in [7, 11) is 2.68. The molecule has 2 aromatic rings. The van der Waals surface area contributed by atoms with E-state index in [1.807, 2.05) is 0 Å². The summed E-state index contributed by atoms with van der Waals surface area (Å²) in [6.07, 6.45) is -1.29. The fraction of sp³-hybridized carbons (Fsp3) is 0.200. The van der Waals surface area contributed by atoms with Gasteiger partial charge < -0.3 is 14.6 Å². The predicted octanol–water partition coefficient (Wildman–Crippen LogP) is 3.06. The van der Waals surface area contributed by atoms with Crippen LogP contribution < -0.4 is 9.47 Å². The molecule has 0 spiro atoms. The first-order chi connectivity index (χ1) is 9.58. The van der Waals surface area contributed by atoms with Crippen LogP contribution in [0.2, 0.25) is 0 Å². The molecule has 0 saturated carbocycles. The average Bonchev–Trinajstić information content (AvgIpc) is 2.46. The van der Waals surface area contributed by atoms with Crippen molar-refractivity contribution in [3.63, 3.8) is 0 Å². The van der Waals surface area contributed by atoms with Crippen molar-refractivity contribution in [1.82, 2.24) is 0 Å². The zero-order chi connectivity index (χ0) is 14.7. The number of hydrogen-bond donors (Lipinski definition) is 1. The summed E-state index contributed by atoms with van der Waals surface area (Å²) >= 11 is 0. The van der Waals surface area contributed by atoms with Crippen LogP contribution in [0.1, 0.15) is 17.2 Å². The quantitative estimate of drug-likeness (QED) is 0.935. The topological polar surface area (TPSA) is 38.7 Å². The van der Waals surface area contributed by atoms with Gasteiger partial charge in [-0.2, -0.15) is 0 Å². The van der Waals surface area contributed by atoms with E-state index in [0.29, 0.717) is 0 Å². The number of methoxy groups -OCH3 is 2. The number of benzene rings is 2. The lowest BCUT2D eigenvalue weighted by molar-refractivity contribution is 0.212. The second kappa shape index (κ2) is 5.88. The lowest BCUT2D eigenvalue weighted by Crippen LogP contribution is -2.04. The maximum atomic E-state index is 14.1. The summed E-state index contributed by atoms with van der Waals surface area (Å²) in [4.78, 5) is 0. The standard InChI is InChI=1S/C15H14F2O3/c1-19-12-7-6-9(8-11(12)16)15(18)10-4-3-5-13(20-2)14(10)17/h3-8,15,18H,1-2H3. The van der Waals surface area contributed by atoms with Gasteiger partial charge in [0.05, 0.1) is 14.2 Å². The molecule has 0 aliphatic carbocycles. The van der Waals surface area contributed by atoms with Crippen molar-refractivity contribution in [2.24, 2.45) is 0 Å². The summed E-state index contributed by atoms with van der Waals surface area (Å²) in [6.45, 7) is 0. The third-order valence-corrected chi connectivity index (χ3v) is 3.00. The maximum Gasteiger partial charge on any atom is 0.171 e. The Morgan fingerprint density at radius 1 is 1.00 bits per heavy atom. The Hall–Kier alpha value is -2.14. The van der Waals surface area contributed by atoms with Crippen LogP contribution in [0, 0.1) is 11.6 Å². The van der Waals surface area contributed by atoms with E-state index in [0.717, 1.165) is 6.07 Å². The van der Waals surface area contributed by atoms with Crippen LogP contribution in [0.25, 0.3) is 0 Å². The molecule has 106 valence electrons. The van der Waals surface area contributed by atoms with E-state index in [2.05, 4.69) is 0 Å². The van der Waals surface area contributed by atoms with Crippen molar-refractivity contribution >= 4 is 0 Å². The molecule has 0 bridgehead atoms. The number of aliphatic hydroxyl groups is 1. The van der Waals surface area contributed by atoms with Crippen molar-refractivity contribution in [3.8, 4) is 11.5 Å². The Labute approximate surface area is 115 Å². The molecule has 3 nitrogen and oxygen atoms in total. The third kappa shape index (κ3) is 2.58. The summed E-state index contributed by atoms with van der Waals surface area (Å²) < 4.78 is 37.3. The Balaban J connectivity index is 2.41. The van der Waals surface area contributed by atoms with Gasteiger partial charge in [-0.1, -0.05) is 18.2 Å². The lowest BCUT2D eigenvalue weighted by atomic mass is 10.0. The molecule has 20 heavy (non-hydrogen) atoms. The molecule has 0 amide bonds. The second-order valence-electron chi connectivity index (χ2n) is 4.16. The van der Waals surface area contributed by atoms with E-state index >= 15 is 0 Å². The molecule has 1 atom stereocenters. The van der Waals surface area contributed by atoms with Crippen molar-refractivity contribution in [1.29, 1.82) is 0 Å². The molecular weight excluding hydrogens is 266 g/mol. The van der Waals surface area contributed by atoms with E-state index in [-0.39, 0.29) is 22.6 Å². The molecule has 5 heteroatoms. The molecule has 2 aromatic carbocycles. The summed E-state index contributed by atoms with van der Waals surface area (Å²) in [6, 6.07) is 8.39. The summed E-state index contributed by atoms with van der Waals surface area (Å²) in [5, 5.41) is 10.2. The number of halogens is 2. The Morgan fingerprint density at radius 2 is 1.70 bits per heavy atom. The molecule has 2 rings (SSSR count). The predicted molar refractivity (Wildman–Crippen MR) is 70.0 cm³/mol. The van der Waals surface area contributed by atoms with E-state index < -0.39 is 17.7 Å². The van der Waals surface area contributed by atoms with E-state index in [1.54, 1.807) is 6.07 Å². The highest BCUT2D eigenvalue weighted by Crippen LogP contribution is 2.30. The minimum Gasteiger partial charge on any atom is -0.494 e. The Bertz CT molecular complexity index is 614. The van der Waals surface area contributed by atoms with Crippen LogP contribution in [-0.2, 0) is 0 Å². The number of rotatable bonds is 4. The second-order valence-corrected chi connectivity index (χ2v) is 4.16. The average molecular weight is 280 g/mol. The molecule has 1 unspecified atom stereocenters. The van der Waals surface area contributed by atoms with Crippen LogP contribution in [0.3, 0.4) is 0 Å². The molecule has 0 aliphatic rings. The van der Waals surface area contributed by atoms with Gasteiger partial charge in [0.1, 0.15) is 6.10 Å². The van der Waals surface area contributed by atoms with Crippen molar-refractivity contribution in [2.75, 3.05) is 14.2 Å². The zero-order valence-electron chi connectivity index (χ0n) is 11.1. The summed E-state index contributed by atoms with van der Waals surface area (Å²) in [5.41, 5.74) is 0.254. The molecule has 0 radical (unpaired) electrons. The first-order valence-corrected chi connectivity index (χ1v) is 5.92. The van der Waals surface area contributed by atoms with Gasteiger partial charge in [0, 0.05) is 5.56 Å². The highest BCUT2D eigenvalue weighted by molar-refractivity contribution is 5.39. The van der Waals surface area contributed by atoms with Crippen molar-refractivity contribution in [2.45, 2.75) is 6.10 Å². The van der Waals surface area contributed by atoms with Crippen LogP contribution in [0.5, 0.6) is 11.5 Å². The molecule has 0 saturated heterocycles. The highest BCUT2D eigenvalue weighted by Gasteiger charge is 2.19. The van der Waals surface area contributed by atoms with E-state index in [9.17, 15) is 13.9 Å². The monoisotopic (exact) mass is 280 g/mol. The number of hydrogen-bond acceptors (Lipinski definition) is 3. The van der Waals surface area contributed by atoms with Crippen LogP contribution in [0.15, 0.2) is 36.4 Å². The maximum absolute atomic E-state index is 14.1. The third-order valence-electron chi connectivity index (χ3n) is 3.00. The molecule has 0 aromatic heterocycles. The van der Waals surface area contributed by atoms with Gasteiger partial charge in [-0.05, 0) is 23.8 Å². The van der Waals surface area contributed by atoms with Gasteiger partial charge in [0.25, 0.3) is 0 Å². The lowest BCUT2D eigenvalue weighted by Gasteiger charge is -2.15. The molecule has 0 aliphatic heterocycles. The van der Waals surface area contributed by atoms with Crippen LogP contribution in [0.4, 0.5) is 8.78 Å². The van der Waals surface area contributed by atoms with Crippen LogP contribution >= 0.6 is 0 Å². The largest absolute Gasteiger partial charge is 0.494 e. The van der Waals surface area contributed by atoms with Gasteiger partial charge in [-0.3, -0.25) is 0 Å². The fourth-order valence-electron chi connectivity index (χ4n) is 1.93. The first kappa shape index (κ1) is 14.3. The van der Waals surface area contributed by atoms with Crippen molar-refractivity contribution in [3.05, 3.63) is 59.2 Å². The molecular formula is C15H14F2O3. The SMILES string of the molecule is COc1ccc(C(O)c2cccc(OC)c2F)cc1F. The number of aliphatic hydroxyl groups excluding tert-OH is 1. The Morgan fingerprint density at radius 3 is 2.30 bits per heavy atom. The minimum absolute atomic E-state index is 0.0221. The van der Waals surface area contributed by atoms with Crippen molar-refractivity contribution < 1.29 is 23.4 Å². The van der Waals surface area contributed by atoms with Gasteiger partial charge in [-0.25, -0.2) is 8.78 Å². The van der Waals surface area contributed by atoms with E-state index in [1.165, 1.54) is 38.5 Å². The molecule has 0 fully saturated rings. The molecule has 1 N–H and O–H groups in total. The van der Waals surface area contributed by atoms with Gasteiger partial charge >= 0.3 is 0 Å². The molecule has 0 heterocycles. The van der Waals surface area contributed by atoms with Crippen LogP contribution in [-0.4, -0.2) is 19.3 Å². The normalized spacial score (nSPS) is 12.1. The smallest absolute Gasteiger partial charge is 0.171 e. The van der Waals surface area contributed by atoms with Gasteiger partial charge in [-0.15, -0.1) is 0 Å².